The summed E-state index contributed by atoms with van der Waals surface area (Å²) in [4.78, 5) is 13.6. The lowest BCUT2D eigenvalue weighted by Crippen LogP contribution is -2.46. The summed E-state index contributed by atoms with van der Waals surface area (Å²) < 4.78 is 6.73. The second kappa shape index (κ2) is 8.55. The molecule has 1 aromatic carbocycles. The highest BCUT2D eigenvalue weighted by molar-refractivity contribution is 6.74. The van der Waals surface area contributed by atoms with Gasteiger partial charge in [0.05, 0.1) is 23.7 Å². The van der Waals surface area contributed by atoms with Crippen LogP contribution in [0.15, 0.2) is 24.3 Å². The van der Waals surface area contributed by atoms with Crippen molar-refractivity contribution >= 4 is 14.3 Å². The van der Waals surface area contributed by atoms with E-state index in [1.807, 2.05) is 24.3 Å². The first-order valence-corrected chi connectivity index (χ1v) is 12.6. The third-order valence-corrected chi connectivity index (χ3v) is 10.4. The van der Waals surface area contributed by atoms with E-state index in [1.165, 1.54) is 0 Å². The fourth-order valence-corrected chi connectivity index (χ4v) is 4.45. The van der Waals surface area contributed by atoms with E-state index in [9.17, 15) is 9.90 Å². The van der Waals surface area contributed by atoms with Gasteiger partial charge in [-0.2, -0.15) is 5.26 Å². The number of hydrogen-bond donors (Lipinski definition) is 1. The van der Waals surface area contributed by atoms with Crippen LogP contribution in [-0.4, -0.2) is 43.9 Å². The molecule has 27 heavy (non-hydrogen) atoms. The molecular formula is C21H32N2O3Si. The molecule has 1 aliphatic rings. The molecule has 148 valence electrons. The van der Waals surface area contributed by atoms with Crippen LogP contribution in [0.3, 0.4) is 0 Å². The number of carboxylic acids is 1. The van der Waals surface area contributed by atoms with E-state index < -0.39 is 14.3 Å². The molecule has 0 saturated carbocycles. The number of rotatable bonds is 6. The molecule has 0 radical (unpaired) electrons. The zero-order valence-corrected chi connectivity index (χ0v) is 18.2. The van der Waals surface area contributed by atoms with Gasteiger partial charge in [0.1, 0.15) is 0 Å². The lowest BCUT2D eigenvalue weighted by molar-refractivity contribution is -0.143. The van der Waals surface area contributed by atoms with Crippen molar-refractivity contribution in [2.45, 2.75) is 57.8 Å². The lowest BCUT2D eigenvalue weighted by atomic mass is 9.97. The Morgan fingerprint density at radius 1 is 1.37 bits per heavy atom. The molecule has 1 saturated heterocycles. The molecule has 1 aromatic rings. The van der Waals surface area contributed by atoms with Gasteiger partial charge in [0.15, 0.2) is 8.32 Å². The van der Waals surface area contributed by atoms with Crippen LogP contribution in [0.2, 0.25) is 18.1 Å². The van der Waals surface area contributed by atoms with Gasteiger partial charge in [0.2, 0.25) is 0 Å². The predicted octanol–water partition coefficient (Wildman–Crippen LogP) is 4.42. The number of aliphatic carboxylic acids is 1. The van der Waals surface area contributed by atoms with Crippen LogP contribution in [-0.2, 0) is 9.22 Å². The Labute approximate surface area is 164 Å². The van der Waals surface area contributed by atoms with Crippen LogP contribution in [0.4, 0.5) is 0 Å². The number of nitriles is 1. The number of carboxylic acid groups (broad SMARTS) is 1. The normalized spacial score (nSPS) is 20.1. The Hall–Kier alpha value is -1.68. The predicted molar refractivity (Wildman–Crippen MR) is 109 cm³/mol. The van der Waals surface area contributed by atoms with Crippen LogP contribution in [0, 0.1) is 17.2 Å². The van der Waals surface area contributed by atoms with Gasteiger partial charge in [-0.3, -0.25) is 9.69 Å². The Kier molecular flexibility index (Phi) is 6.85. The van der Waals surface area contributed by atoms with E-state index in [-0.39, 0.29) is 17.1 Å². The first-order chi connectivity index (χ1) is 12.5. The number of hydrogen-bond acceptors (Lipinski definition) is 4. The van der Waals surface area contributed by atoms with E-state index in [4.69, 9.17) is 9.69 Å². The summed E-state index contributed by atoms with van der Waals surface area (Å²) in [5, 5.41) is 18.5. The Bertz CT molecular complexity index is 689. The maximum absolute atomic E-state index is 11.4. The van der Waals surface area contributed by atoms with Crippen molar-refractivity contribution in [2.24, 2.45) is 5.92 Å². The standard InChI is InChI=1S/C21H32N2O3Si/c1-21(2,3)27(4,5)26-19(17-10-8-16(13-22)9-11-17)15-23-12-6-7-18(14-23)20(24)25/h8-11,18-19H,6-7,12,14-15H2,1-5H3,(H,24,25)/t18?,19-/m0/s1. The first kappa shape index (κ1) is 21.6. The van der Waals surface area contributed by atoms with Crippen molar-refractivity contribution in [2.75, 3.05) is 19.6 Å². The van der Waals surface area contributed by atoms with Crippen molar-refractivity contribution < 1.29 is 14.3 Å². The highest BCUT2D eigenvalue weighted by Gasteiger charge is 2.40. The molecular weight excluding hydrogens is 356 g/mol. The average Bonchev–Trinajstić information content (AvgIpc) is 2.60. The smallest absolute Gasteiger partial charge is 0.307 e. The summed E-state index contributed by atoms with van der Waals surface area (Å²) in [7, 11) is -2.00. The second-order valence-electron chi connectivity index (χ2n) is 9.04. The summed E-state index contributed by atoms with van der Waals surface area (Å²) >= 11 is 0. The zero-order valence-electron chi connectivity index (χ0n) is 17.2. The van der Waals surface area contributed by atoms with Gasteiger partial charge in [-0.15, -0.1) is 0 Å². The molecule has 1 unspecified atom stereocenters. The quantitative estimate of drug-likeness (QED) is 0.730. The fraction of sp³-hybridized carbons (Fsp3) is 0.619. The van der Waals surface area contributed by atoms with Crippen LogP contribution >= 0.6 is 0 Å². The highest BCUT2D eigenvalue weighted by atomic mass is 28.4. The molecule has 1 heterocycles. The third kappa shape index (κ3) is 5.65. The first-order valence-electron chi connectivity index (χ1n) is 9.66. The maximum atomic E-state index is 11.4. The third-order valence-electron chi connectivity index (χ3n) is 5.93. The number of piperidine rings is 1. The topological polar surface area (TPSA) is 73.6 Å². The molecule has 1 N–H and O–H groups in total. The SMILES string of the molecule is CC(C)(C)[Si](C)(C)O[C@@H](CN1CCCC(C(=O)O)C1)c1ccc(C#N)cc1. The Morgan fingerprint density at radius 2 is 2.00 bits per heavy atom. The van der Waals surface area contributed by atoms with Crippen LogP contribution < -0.4 is 0 Å². The molecule has 1 aliphatic heterocycles. The minimum atomic E-state index is -2.00. The number of nitrogens with zero attached hydrogens (tertiary/aromatic N) is 2. The van der Waals surface area contributed by atoms with Gasteiger partial charge in [-0.25, -0.2) is 0 Å². The van der Waals surface area contributed by atoms with Crippen LogP contribution in [0.5, 0.6) is 0 Å². The molecule has 6 heteroatoms. The van der Waals surface area contributed by atoms with Gasteiger partial charge in [0, 0.05) is 13.1 Å². The van der Waals surface area contributed by atoms with Gasteiger partial charge in [0.25, 0.3) is 0 Å². The van der Waals surface area contributed by atoms with Crippen molar-refractivity contribution in [1.82, 2.24) is 4.90 Å². The van der Waals surface area contributed by atoms with Gasteiger partial charge in [-0.05, 0) is 55.2 Å². The van der Waals surface area contributed by atoms with Crippen molar-refractivity contribution in [3.63, 3.8) is 0 Å². The highest BCUT2D eigenvalue weighted by Crippen LogP contribution is 2.40. The summed E-state index contributed by atoms with van der Waals surface area (Å²) in [6.07, 6.45) is 1.53. The molecule has 2 rings (SSSR count). The fourth-order valence-electron chi connectivity index (χ4n) is 3.17. The second-order valence-corrected chi connectivity index (χ2v) is 13.8. The largest absolute Gasteiger partial charge is 0.481 e. The van der Waals surface area contributed by atoms with E-state index in [2.05, 4.69) is 44.8 Å². The van der Waals surface area contributed by atoms with E-state index >= 15 is 0 Å². The van der Waals surface area contributed by atoms with Crippen molar-refractivity contribution in [3.8, 4) is 6.07 Å². The van der Waals surface area contributed by atoms with Gasteiger partial charge < -0.3 is 9.53 Å². The van der Waals surface area contributed by atoms with Gasteiger partial charge >= 0.3 is 5.97 Å². The molecule has 5 nitrogen and oxygen atoms in total. The van der Waals surface area contributed by atoms with Crippen molar-refractivity contribution in [1.29, 1.82) is 5.26 Å². The Morgan fingerprint density at radius 3 is 2.52 bits per heavy atom. The van der Waals surface area contributed by atoms with E-state index in [1.54, 1.807) is 0 Å². The zero-order chi connectivity index (χ0) is 20.2. The van der Waals surface area contributed by atoms with Crippen LogP contribution in [0.25, 0.3) is 0 Å². The molecule has 2 atom stereocenters. The molecule has 0 spiro atoms. The minimum Gasteiger partial charge on any atom is -0.481 e. The lowest BCUT2D eigenvalue weighted by Gasteiger charge is -2.41. The minimum absolute atomic E-state index is 0.0866. The molecule has 0 aromatic heterocycles. The maximum Gasteiger partial charge on any atom is 0.307 e. The molecule has 0 aliphatic carbocycles. The van der Waals surface area contributed by atoms with Crippen LogP contribution in [0.1, 0.15) is 50.8 Å². The van der Waals surface area contributed by atoms with E-state index in [0.29, 0.717) is 18.7 Å². The summed E-state index contributed by atoms with van der Waals surface area (Å²) in [5.41, 5.74) is 1.69. The monoisotopic (exact) mass is 388 g/mol. The van der Waals surface area contributed by atoms with Gasteiger partial charge in [-0.1, -0.05) is 32.9 Å². The molecule has 1 fully saturated rings. The number of benzene rings is 1. The van der Waals surface area contributed by atoms with Crippen molar-refractivity contribution in [3.05, 3.63) is 35.4 Å². The number of carbonyl (C=O) groups is 1. The Balaban J connectivity index is 2.23. The molecule has 0 bridgehead atoms. The number of likely N-dealkylation sites (tertiary alicyclic amines) is 1. The summed E-state index contributed by atoms with van der Waals surface area (Å²) in [5.74, 6) is -1.01. The average molecular weight is 389 g/mol. The van der Waals surface area contributed by atoms with E-state index in [0.717, 1.165) is 24.9 Å². The molecule has 0 amide bonds. The summed E-state index contributed by atoms with van der Waals surface area (Å²) in [6, 6.07) is 9.75. The summed E-state index contributed by atoms with van der Waals surface area (Å²) in [6.45, 7) is 13.3.